The minimum Gasteiger partial charge on any atom is -0.481 e. The van der Waals surface area contributed by atoms with Gasteiger partial charge in [-0.05, 0) is 18.4 Å². The normalized spacial score (nSPS) is 13.7. The van der Waals surface area contributed by atoms with Gasteiger partial charge in [-0.1, -0.05) is 44.2 Å². The molecule has 2 N–H and O–H groups in total. The average Bonchev–Trinajstić information content (AvgIpc) is 2.37. The third-order valence-electron chi connectivity index (χ3n) is 2.95. The third kappa shape index (κ3) is 3.58. The highest BCUT2D eigenvalue weighted by molar-refractivity contribution is 5.97. The minimum absolute atomic E-state index is 0.132. The number of aliphatic carboxylic acids is 1. The van der Waals surface area contributed by atoms with Crippen LogP contribution >= 0.6 is 0 Å². The van der Waals surface area contributed by atoms with Gasteiger partial charge in [0.15, 0.2) is 0 Å². The second-order valence-electron chi connectivity index (χ2n) is 4.18. The maximum atomic E-state index is 11.9. The summed E-state index contributed by atoms with van der Waals surface area (Å²) in [4.78, 5) is 22.8. The van der Waals surface area contributed by atoms with Gasteiger partial charge in [0, 0.05) is 0 Å². The van der Waals surface area contributed by atoms with Crippen LogP contribution in [-0.4, -0.2) is 17.0 Å². The van der Waals surface area contributed by atoms with Gasteiger partial charge in [-0.15, -0.1) is 0 Å². The van der Waals surface area contributed by atoms with Gasteiger partial charge < -0.3 is 10.4 Å². The lowest BCUT2D eigenvalue weighted by molar-refractivity contribution is -0.147. The molecule has 1 amide bonds. The topological polar surface area (TPSA) is 66.4 Å². The maximum absolute atomic E-state index is 11.9. The molecule has 1 rings (SSSR count). The lowest BCUT2D eigenvalue weighted by atomic mass is 10.0. The lowest BCUT2D eigenvalue weighted by Gasteiger charge is -2.19. The van der Waals surface area contributed by atoms with Gasteiger partial charge in [-0.2, -0.15) is 0 Å². The molecular formula is C14H19NO3. The molecule has 0 bridgehead atoms. The van der Waals surface area contributed by atoms with Crippen molar-refractivity contribution in [2.75, 3.05) is 0 Å². The zero-order valence-corrected chi connectivity index (χ0v) is 10.7. The molecule has 0 spiro atoms. The molecule has 2 atom stereocenters. The number of rotatable bonds is 6. The monoisotopic (exact) mass is 249 g/mol. The van der Waals surface area contributed by atoms with Crippen LogP contribution in [0.25, 0.3) is 0 Å². The van der Waals surface area contributed by atoms with E-state index in [1.165, 1.54) is 0 Å². The molecule has 0 saturated carbocycles. The van der Waals surface area contributed by atoms with E-state index in [1.807, 2.05) is 37.3 Å². The van der Waals surface area contributed by atoms with E-state index in [-0.39, 0.29) is 6.04 Å². The summed E-state index contributed by atoms with van der Waals surface area (Å²) < 4.78 is 0. The molecule has 0 saturated heterocycles. The molecule has 1 aromatic carbocycles. The first-order chi connectivity index (χ1) is 8.60. The molecule has 0 radical (unpaired) electrons. The molecule has 0 aliphatic carbocycles. The fourth-order valence-electron chi connectivity index (χ4n) is 1.85. The van der Waals surface area contributed by atoms with Crippen molar-refractivity contribution in [1.82, 2.24) is 5.32 Å². The Hall–Kier alpha value is -1.84. The van der Waals surface area contributed by atoms with Crippen molar-refractivity contribution in [2.24, 2.45) is 5.92 Å². The minimum atomic E-state index is -1.07. The molecule has 0 unspecified atom stereocenters. The second-order valence-corrected chi connectivity index (χ2v) is 4.18. The predicted octanol–water partition coefficient (Wildman–Crippen LogP) is 2.36. The van der Waals surface area contributed by atoms with E-state index in [2.05, 4.69) is 5.32 Å². The summed E-state index contributed by atoms with van der Waals surface area (Å²) >= 11 is 0. The number of hydrogen-bond donors (Lipinski definition) is 2. The van der Waals surface area contributed by atoms with Gasteiger partial charge in [0.1, 0.15) is 5.92 Å². The van der Waals surface area contributed by atoms with Crippen LogP contribution in [0.4, 0.5) is 0 Å². The molecule has 98 valence electrons. The van der Waals surface area contributed by atoms with Crippen LogP contribution in [0.15, 0.2) is 30.3 Å². The number of amides is 1. The Morgan fingerprint density at radius 2 is 1.78 bits per heavy atom. The summed E-state index contributed by atoms with van der Waals surface area (Å²) in [5.41, 5.74) is 0.994. The van der Waals surface area contributed by atoms with E-state index >= 15 is 0 Å². The summed E-state index contributed by atoms with van der Waals surface area (Å²) in [6.07, 6.45) is 1.03. The first-order valence-corrected chi connectivity index (χ1v) is 6.18. The molecule has 0 fully saturated rings. The first kappa shape index (κ1) is 14.2. The van der Waals surface area contributed by atoms with Gasteiger partial charge in [0.2, 0.25) is 5.91 Å². The molecule has 0 heterocycles. The van der Waals surface area contributed by atoms with Gasteiger partial charge in [-0.25, -0.2) is 0 Å². The molecule has 18 heavy (non-hydrogen) atoms. The van der Waals surface area contributed by atoms with Crippen LogP contribution < -0.4 is 5.32 Å². The van der Waals surface area contributed by atoms with Crippen LogP contribution in [0, 0.1) is 5.92 Å². The molecule has 1 aromatic rings. The molecule has 0 aliphatic heterocycles. The van der Waals surface area contributed by atoms with Crippen molar-refractivity contribution in [1.29, 1.82) is 0 Å². The number of benzene rings is 1. The largest absolute Gasteiger partial charge is 0.481 e. The van der Waals surface area contributed by atoms with E-state index in [0.29, 0.717) is 6.42 Å². The van der Waals surface area contributed by atoms with E-state index in [0.717, 1.165) is 12.0 Å². The van der Waals surface area contributed by atoms with E-state index in [4.69, 9.17) is 5.11 Å². The van der Waals surface area contributed by atoms with Gasteiger partial charge in [0.05, 0.1) is 6.04 Å². The Bertz CT molecular complexity index is 403. The third-order valence-corrected chi connectivity index (χ3v) is 2.95. The zero-order chi connectivity index (χ0) is 13.5. The Morgan fingerprint density at radius 1 is 1.17 bits per heavy atom. The molecule has 0 aliphatic rings. The average molecular weight is 249 g/mol. The van der Waals surface area contributed by atoms with Crippen LogP contribution in [0.2, 0.25) is 0 Å². The molecule has 4 heteroatoms. The van der Waals surface area contributed by atoms with Crippen molar-refractivity contribution in [3.8, 4) is 0 Å². The maximum Gasteiger partial charge on any atom is 0.316 e. The Labute approximate surface area is 107 Å². The quantitative estimate of drug-likeness (QED) is 0.761. The fourth-order valence-corrected chi connectivity index (χ4v) is 1.85. The van der Waals surface area contributed by atoms with Gasteiger partial charge in [0.25, 0.3) is 0 Å². The number of nitrogens with one attached hydrogen (secondary N) is 1. The Morgan fingerprint density at radius 3 is 2.22 bits per heavy atom. The lowest BCUT2D eigenvalue weighted by Crippen LogP contribution is -2.37. The summed E-state index contributed by atoms with van der Waals surface area (Å²) in [6, 6.07) is 9.43. The van der Waals surface area contributed by atoms with Crippen molar-refractivity contribution in [3.63, 3.8) is 0 Å². The van der Waals surface area contributed by atoms with E-state index in [1.54, 1.807) is 6.92 Å². The summed E-state index contributed by atoms with van der Waals surface area (Å²) in [5.74, 6) is -2.46. The van der Waals surface area contributed by atoms with Crippen molar-refractivity contribution in [3.05, 3.63) is 35.9 Å². The molecular weight excluding hydrogens is 230 g/mol. The van der Waals surface area contributed by atoms with Crippen LogP contribution in [0.3, 0.4) is 0 Å². The van der Waals surface area contributed by atoms with Crippen molar-refractivity contribution >= 4 is 11.9 Å². The highest BCUT2D eigenvalue weighted by Gasteiger charge is 2.25. The van der Waals surface area contributed by atoms with Gasteiger partial charge in [-0.3, -0.25) is 9.59 Å². The second kappa shape index (κ2) is 6.79. The number of carboxylic acid groups (broad SMARTS) is 1. The highest BCUT2D eigenvalue weighted by Crippen LogP contribution is 2.17. The summed E-state index contributed by atoms with van der Waals surface area (Å²) in [6.45, 7) is 3.65. The fraction of sp³-hybridized carbons (Fsp3) is 0.429. The zero-order valence-electron chi connectivity index (χ0n) is 10.7. The van der Waals surface area contributed by atoms with Crippen LogP contribution in [0.1, 0.15) is 38.3 Å². The van der Waals surface area contributed by atoms with Crippen molar-refractivity contribution < 1.29 is 14.7 Å². The van der Waals surface area contributed by atoms with Crippen LogP contribution in [-0.2, 0) is 9.59 Å². The number of carbonyl (C=O) groups excluding carboxylic acids is 1. The summed E-state index contributed by atoms with van der Waals surface area (Å²) in [7, 11) is 0. The molecule has 0 aromatic heterocycles. The number of hydrogen-bond acceptors (Lipinski definition) is 2. The van der Waals surface area contributed by atoms with Crippen molar-refractivity contribution in [2.45, 2.75) is 32.7 Å². The molecule has 4 nitrogen and oxygen atoms in total. The first-order valence-electron chi connectivity index (χ1n) is 6.18. The Kier molecular flexibility index (Phi) is 5.36. The van der Waals surface area contributed by atoms with E-state index < -0.39 is 17.8 Å². The summed E-state index contributed by atoms with van der Waals surface area (Å²) in [5, 5.41) is 11.7. The predicted molar refractivity (Wildman–Crippen MR) is 69.0 cm³/mol. The van der Waals surface area contributed by atoms with Crippen LogP contribution in [0.5, 0.6) is 0 Å². The Balaban J connectivity index is 2.75. The smallest absolute Gasteiger partial charge is 0.316 e. The number of carbonyl (C=O) groups is 2. The van der Waals surface area contributed by atoms with Gasteiger partial charge >= 0.3 is 5.97 Å². The van der Waals surface area contributed by atoms with E-state index in [9.17, 15) is 9.59 Å². The standard InChI is InChI=1S/C14H19NO3/c1-3-11(14(17)18)13(16)15-12(4-2)10-8-6-5-7-9-10/h5-9,11-12H,3-4H2,1-2H3,(H,15,16)(H,17,18)/t11-,12-/m1/s1. The number of carboxylic acids is 1. The highest BCUT2D eigenvalue weighted by atomic mass is 16.4. The SMILES string of the molecule is CC[C@@H](C(=O)O)C(=O)N[C@H](CC)c1ccccc1.